The minimum atomic E-state index is -0.319. The first-order chi connectivity index (χ1) is 16.1. The summed E-state index contributed by atoms with van der Waals surface area (Å²) in [5.74, 6) is -0.497. The quantitative estimate of drug-likeness (QED) is 0.632. The van der Waals surface area contributed by atoms with E-state index in [2.05, 4.69) is 34.5 Å². The molecular weight excluding hydrogens is 417 g/mol. The van der Waals surface area contributed by atoms with Crippen molar-refractivity contribution in [3.05, 3.63) is 100 Å². The van der Waals surface area contributed by atoms with Crippen LogP contribution in [0, 0.1) is 5.82 Å². The molecule has 1 N–H and O–H groups in total. The lowest BCUT2D eigenvalue weighted by Crippen LogP contribution is -2.37. The van der Waals surface area contributed by atoms with Crippen LogP contribution in [-0.2, 0) is 30.7 Å². The Labute approximate surface area is 192 Å². The zero-order valence-corrected chi connectivity index (χ0v) is 18.4. The van der Waals surface area contributed by atoms with Gasteiger partial charge in [0, 0.05) is 37.4 Å². The molecule has 5 nitrogen and oxygen atoms in total. The summed E-state index contributed by atoms with van der Waals surface area (Å²) in [6.07, 6.45) is 1.29. The number of halogens is 1. The Morgan fingerprint density at radius 1 is 0.970 bits per heavy atom. The van der Waals surface area contributed by atoms with E-state index < -0.39 is 0 Å². The maximum Gasteiger partial charge on any atom is 0.251 e. The fourth-order valence-corrected chi connectivity index (χ4v) is 4.69. The second-order valence-corrected chi connectivity index (χ2v) is 8.68. The minimum Gasteiger partial charge on any atom is -0.351 e. The van der Waals surface area contributed by atoms with Crippen LogP contribution in [0.4, 0.5) is 10.1 Å². The third-order valence-electron chi connectivity index (χ3n) is 6.43. The molecule has 6 heteroatoms. The number of anilines is 1. The molecule has 2 aliphatic heterocycles. The van der Waals surface area contributed by atoms with Gasteiger partial charge < -0.3 is 10.2 Å². The van der Waals surface area contributed by atoms with E-state index in [1.54, 1.807) is 29.2 Å². The fourth-order valence-electron chi connectivity index (χ4n) is 4.69. The number of hydrogen-bond acceptors (Lipinski definition) is 3. The summed E-state index contributed by atoms with van der Waals surface area (Å²) in [6.45, 7) is 3.59. The van der Waals surface area contributed by atoms with Gasteiger partial charge in [-0.2, -0.15) is 0 Å². The number of nitrogens with one attached hydrogen (secondary N) is 1. The minimum absolute atomic E-state index is 0.0443. The smallest absolute Gasteiger partial charge is 0.251 e. The molecule has 0 fully saturated rings. The number of fused-ring (bicyclic) bond motifs is 2. The highest BCUT2D eigenvalue weighted by atomic mass is 19.1. The summed E-state index contributed by atoms with van der Waals surface area (Å²) in [7, 11) is 0. The lowest BCUT2D eigenvalue weighted by molar-refractivity contribution is -0.117. The van der Waals surface area contributed by atoms with Crippen molar-refractivity contribution in [1.82, 2.24) is 10.2 Å². The van der Waals surface area contributed by atoms with Crippen LogP contribution in [0.1, 0.15) is 32.6 Å². The van der Waals surface area contributed by atoms with Crippen LogP contribution in [-0.4, -0.2) is 36.3 Å². The van der Waals surface area contributed by atoms with Gasteiger partial charge in [-0.05, 0) is 59.0 Å². The molecule has 0 aromatic heterocycles. The van der Waals surface area contributed by atoms with Gasteiger partial charge in [0.25, 0.3) is 5.91 Å². The van der Waals surface area contributed by atoms with E-state index in [1.165, 1.54) is 23.3 Å². The number of amides is 2. The van der Waals surface area contributed by atoms with E-state index in [0.29, 0.717) is 18.7 Å². The molecular formula is C27H26FN3O2. The molecule has 168 valence electrons. The Bertz CT molecular complexity index is 1210. The van der Waals surface area contributed by atoms with Gasteiger partial charge in [0.2, 0.25) is 5.91 Å². The highest BCUT2D eigenvalue weighted by molar-refractivity contribution is 6.03. The van der Waals surface area contributed by atoms with Crippen LogP contribution in [0.2, 0.25) is 0 Å². The van der Waals surface area contributed by atoms with E-state index >= 15 is 0 Å². The largest absolute Gasteiger partial charge is 0.351 e. The van der Waals surface area contributed by atoms with Crippen LogP contribution in [0.5, 0.6) is 0 Å². The predicted octanol–water partition coefficient (Wildman–Crippen LogP) is 3.70. The Balaban J connectivity index is 1.18. The number of carbonyl (C=O) groups excluding carboxylic acids is 2. The highest BCUT2D eigenvalue weighted by Crippen LogP contribution is 2.31. The van der Waals surface area contributed by atoms with Crippen LogP contribution in [0.25, 0.3) is 0 Å². The molecule has 3 aromatic carbocycles. The molecule has 5 rings (SSSR count). The molecule has 0 radical (unpaired) electrons. The number of hydrogen-bond donors (Lipinski definition) is 1. The molecule has 2 amide bonds. The normalized spacial score (nSPS) is 15.3. The number of carbonyl (C=O) groups is 2. The van der Waals surface area contributed by atoms with Crippen molar-refractivity contribution in [1.29, 1.82) is 0 Å². The third kappa shape index (κ3) is 4.66. The molecule has 0 unspecified atom stereocenters. The third-order valence-corrected chi connectivity index (χ3v) is 6.43. The molecule has 0 saturated heterocycles. The Kier molecular flexibility index (Phi) is 5.92. The Morgan fingerprint density at radius 3 is 2.67 bits per heavy atom. The molecule has 33 heavy (non-hydrogen) atoms. The van der Waals surface area contributed by atoms with Gasteiger partial charge in [-0.3, -0.25) is 14.5 Å². The molecule has 0 aliphatic carbocycles. The first-order valence-corrected chi connectivity index (χ1v) is 11.3. The molecule has 0 spiro atoms. The first-order valence-electron chi connectivity index (χ1n) is 11.3. The summed E-state index contributed by atoms with van der Waals surface area (Å²) in [4.78, 5) is 29.3. The number of rotatable bonds is 6. The fraction of sp³-hybridized carbons (Fsp3) is 0.259. The second kappa shape index (κ2) is 9.16. The summed E-state index contributed by atoms with van der Waals surface area (Å²) < 4.78 is 13.5. The maximum absolute atomic E-state index is 13.5. The summed E-state index contributed by atoms with van der Waals surface area (Å²) in [6, 6.07) is 20.1. The van der Waals surface area contributed by atoms with Crippen molar-refractivity contribution < 1.29 is 14.0 Å². The van der Waals surface area contributed by atoms with Gasteiger partial charge in [0.1, 0.15) is 5.82 Å². The average molecular weight is 444 g/mol. The molecule has 2 aliphatic rings. The van der Waals surface area contributed by atoms with Crippen LogP contribution >= 0.6 is 0 Å². The zero-order chi connectivity index (χ0) is 22.8. The van der Waals surface area contributed by atoms with Crippen molar-refractivity contribution in [2.24, 2.45) is 0 Å². The second-order valence-electron chi connectivity index (χ2n) is 8.68. The van der Waals surface area contributed by atoms with Crippen molar-refractivity contribution in [3.8, 4) is 0 Å². The zero-order valence-electron chi connectivity index (χ0n) is 18.4. The summed E-state index contributed by atoms with van der Waals surface area (Å²) >= 11 is 0. The van der Waals surface area contributed by atoms with Gasteiger partial charge in [-0.15, -0.1) is 0 Å². The standard InChI is InChI=1S/C27H26FN3O2/c28-24-7-3-4-19(14-24)17-31-25-9-8-21(15-23(25)16-26(31)32)27(33)29-11-13-30-12-10-20-5-1-2-6-22(20)18-30/h1-9,14-15H,10-13,16-18H2,(H,29,33). The van der Waals surface area contributed by atoms with Crippen LogP contribution in [0.3, 0.4) is 0 Å². The van der Waals surface area contributed by atoms with Crippen LogP contribution in [0.15, 0.2) is 66.7 Å². The van der Waals surface area contributed by atoms with E-state index in [-0.39, 0.29) is 24.1 Å². The van der Waals surface area contributed by atoms with Gasteiger partial charge in [0.05, 0.1) is 13.0 Å². The van der Waals surface area contributed by atoms with E-state index in [4.69, 9.17) is 0 Å². The van der Waals surface area contributed by atoms with Gasteiger partial charge >= 0.3 is 0 Å². The monoisotopic (exact) mass is 443 g/mol. The number of benzene rings is 3. The highest BCUT2D eigenvalue weighted by Gasteiger charge is 2.28. The maximum atomic E-state index is 13.5. The lowest BCUT2D eigenvalue weighted by atomic mass is 10.00. The summed E-state index contributed by atoms with van der Waals surface area (Å²) in [5, 5.41) is 3.01. The van der Waals surface area contributed by atoms with Crippen molar-refractivity contribution in [3.63, 3.8) is 0 Å². The van der Waals surface area contributed by atoms with Gasteiger partial charge in [-0.25, -0.2) is 4.39 Å². The first kappa shape index (κ1) is 21.3. The van der Waals surface area contributed by atoms with Crippen molar-refractivity contribution in [2.45, 2.75) is 25.9 Å². The van der Waals surface area contributed by atoms with Crippen LogP contribution < -0.4 is 10.2 Å². The van der Waals surface area contributed by atoms with Gasteiger partial charge in [0.15, 0.2) is 0 Å². The van der Waals surface area contributed by atoms with E-state index in [1.807, 2.05) is 6.07 Å². The predicted molar refractivity (Wildman–Crippen MR) is 125 cm³/mol. The van der Waals surface area contributed by atoms with Gasteiger partial charge in [-0.1, -0.05) is 36.4 Å². The molecule has 0 saturated carbocycles. The topological polar surface area (TPSA) is 52.7 Å². The molecule has 0 atom stereocenters. The van der Waals surface area contributed by atoms with E-state index in [0.717, 1.165) is 42.9 Å². The van der Waals surface area contributed by atoms with E-state index in [9.17, 15) is 14.0 Å². The molecule has 3 aromatic rings. The van der Waals surface area contributed by atoms with Crippen molar-refractivity contribution in [2.75, 3.05) is 24.5 Å². The summed E-state index contributed by atoms with van der Waals surface area (Å²) in [5.41, 5.74) is 5.68. The number of nitrogens with zero attached hydrogens (tertiary/aromatic N) is 2. The van der Waals surface area contributed by atoms with Crippen molar-refractivity contribution >= 4 is 17.5 Å². The molecule has 2 heterocycles. The average Bonchev–Trinajstić information content (AvgIpc) is 3.13. The molecule has 0 bridgehead atoms. The SMILES string of the molecule is O=C(NCCN1CCc2ccccc2C1)c1ccc2c(c1)CC(=O)N2Cc1cccc(F)c1. The Hall–Kier alpha value is -3.51. The Morgan fingerprint density at radius 2 is 1.82 bits per heavy atom. The lowest BCUT2D eigenvalue weighted by Gasteiger charge is -2.28.